The van der Waals surface area contributed by atoms with Gasteiger partial charge in [0.1, 0.15) is 12.1 Å². The van der Waals surface area contributed by atoms with Crippen LogP contribution in [-0.4, -0.2) is 16.3 Å². The first-order chi connectivity index (χ1) is 11.7. The third-order valence-electron chi connectivity index (χ3n) is 3.83. The van der Waals surface area contributed by atoms with Gasteiger partial charge in [-0.05, 0) is 43.2 Å². The van der Waals surface area contributed by atoms with Crippen molar-refractivity contribution in [3.63, 3.8) is 0 Å². The first kappa shape index (κ1) is 15.9. The molecule has 0 saturated carbocycles. The van der Waals surface area contributed by atoms with Crippen molar-refractivity contribution in [2.24, 2.45) is 0 Å². The second-order valence-electron chi connectivity index (χ2n) is 5.82. The van der Waals surface area contributed by atoms with Gasteiger partial charge >= 0.3 is 0 Å². The predicted octanol–water partition coefficient (Wildman–Crippen LogP) is 4.44. The van der Waals surface area contributed by atoms with E-state index < -0.39 is 0 Å². The highest BCUT2D eigenvalue weighted by atomic mass is 16.1. The fraction of sp³-hybridized carbons (Fsp3) is 0.150. The lowest BCUT2D eigenvalue weighted by Gasteiger charge is -2.15. The number of benzene rings is 2. The van der Waals surface area contributed by atoms with E-state index in [1.54, 1.807) is 12.4 Å². The van der Waals surface area contributed by atoms with E-state index in [0.29, 0.717) is 11.4 Å². The van der Waals surface area contributed by atoms with Crippen LogP contribution in [0.3, 0.4) is 0 Å². The molecule has 3 rings (SSSR count). The molecule has 1 atom stereocenters. The molecule has 0 bridgehead atoms. The number of carbonyl (C=O) groups is 1. The van der Waals surface area contributed by atoms with Gasteiger partial charge < -0.3 is 5.32 Å². The molecule has 4 nitrogen and oxygen atoms in total. The van der Waals surface area contributed by atoms with Crippen molar-refractivity contribution in [2.45, 2.75) is 19.9 Å². The fourth-order valence-corrected chi connectivity index (χ4v) is 2.65. The molecule has 24 heavy (non-hydrogen) atoms. The molecular formula is C20H19N3O. The number of nitrogens with zero attached hydrogens (tertiary/aromatic N) is 2. The molecule has 0 aliphatic heterocycles. The van der Waals surface area contributed by atoms with Crippen molar-refractivity contribution in [2.75, 3.05) is 5.32 Å². The third-order valence-corrected chi connectivity index (χ3v) is 3.83. The standard InChI is InChI=1S/C20H19N3O/c1-14-8-16(13-24)10-18(9-14)19-11-21-12-20(23-19)22-15(2)17-6-4-3-5-7-17/h3-13,15H,1-2H3,(H,22,23)/t15-/m0/s1. The minimum Gasteiger partial charge on any atom is -0.362 e. The number of aryl methyl sites for hydroxylation is 1. The summed E-state index contributed by atoms with van der Waals surface area (Å²) in [5.41, 5.74) is 4.48. The van der Waals surface area contributed by atoms with E-state index >= 15 is 0 Å². The molecule has 0 aliphatic carbocycles. The van der Waals surface area contributed by atoms with Gasteiger partial charge in [0.15, 0.2) is 0 Å². The number of rotatable bonds is 5. The Morgan fingerprint density at radius 2 is 1.88 bits per heavy atom. The Balaban J connectivity index is 1.87. The Labute approximate surface area is 141 Å². The van der Waals surface area contributed by atoms with Gasteiger partial charge in [-0.15, -0.1) is 0 Å². The molecule has 1 N–H and O–H groups in total. The van der Waals surface area contributed by atoms with Crippen LogP contribution in [0.25, 0.3) is 11.3 Å². The van der Waals surface area contributed by atoms with Crippen LogP contribution in [0.15, 0.2) is 60.9 Å². The van der Waals surface area contributed by atoms with Crippen molar-refractivity contribution < 1.29 is 4.79 Å². The maximum absolute atomic E-state index is 11.1. The lowest BCUT2D eigenvalue weighted by atomic mass is 10.1. The summed E-state index contributed by atoms with van der Waals surface area (Å²) in [6.07, 6.45) is 4.27. The summed E-state index contributed by atoms with van der Waals surface area (Å²) in [5, 5.41) is 3.37. The number of aldehydes is 1. The Kier molecular flexibility index (Phi) is 4.66. The number of carbonyl (C=O) groups excluding carboxylic acids is 1. The Morgan fingerprint density at radius 3 is 2.62 bits per heavy atom. The van der Waals surface area contributed by atoms with Gasteiger partial charge in [0.25, 0.3) is 0 Å². The number of hydrogen-bond donors (Lipinski definition) is 1. The van der Waals surface area contributed by atoms with Crippen LogP contribution in [0.5, 0.6) is 0 Å². The summed E-state index contributed by atoms with van der Waals surface area (Å²) >= 11 is 0. The zero-order chi connectivity index (χ0) is 16.9. The van der Waals surface area contributed by atoms with Crippen molar-refractivity contribution in [3.05, 3.63) is 77.6 Å². The quantitative estimate of drug-likeness (QED) is 0.707. The average molecular weight is 317 g/mol. The predicted molar refractivity (Wildman–Crippen MR) is 96.1 cm³/mol. The summed E-state index contributed by atoms with van der Waals surface area (Å²) in [7, 11) is 0. The third kappa shape index (κ3) is 3.66. The summed E-state index contributed by atoms with van der Waals surface area (Å²) in [6.45, 7) is 4.05. The first-order valence-corrected chi connectivity index (χ1v) is 7.86. The monoisotopic (exact) mass is 317 g/mol. The van der Waals surface area contributed by atoms with E-state index in [-0.39, 0.29) is 6.04 Å². The molecule has 1 aromatic heterocycles. The lowest BCUT2D eigenvalue weighted by Crippen LogP contribution is -2.08. The molecule has 120 valence electrons. The van der Waals surface area contributed by atoms with Crippen LogP contribution < -0.4 is 5.32 Å². The molecule has 0 spiro atoms. The van der Waals surface area contributed by atoms with Gasteiger partial charge in [0.05, 0.1) is 18.1 Å². The Hall–Kier alpha value is -3.01. The van der Waals surface area contributed by atoms with E-state index in [1.807, 2.05) is 43.3 Å². The van der Waals surface area contributed by atoms with Crippen LogP contribution in [0, 0.1) is 6.92 Å². The van der Waals surface area contributed by atoms with Gasteiger partial charge in [-0.2, -0.15) is 0 Å². The Bertz CT molecular complexity index is 847. The highest BCUT2D eigenvalue weighted by Gasteiger charge is 2.08. The second kappa shape index (κ2) is 7.04. The summed E-state index contributed by atoms with van der Waals surface area (Å²) in [4.78, 5) is 20.0. The average Bonchev–Trinajstić information content (AvgIpc) is 2.62. The van der Waals surface area contributed by atoms with Crippen molar-refractivity contribution in [1.29, 1.82) is 0 Å². The smallest absolute Gasteiger partial charge is 0.150 e. The van der Waals surface area contributed by atoms with Gasteiger partial charge in [-0.3, -0.25) is 9.78 Å². The molecule has 2 aromatic carbocycles. The molecule has 1 heterocycles. The number of aromatic nitrogens is 2. The van der Waals surface area contributed by atoms with Crippen LogP contribution in [0.4, 0.5) is 5.82 Å². The largest absolute Gasteiger partial charge is 0.362 e. The minimum atomic E-state index is 0.124. The van der Waals surface area contributed by atoms with Crippen molar-refractivity contribution in [1.82, 2.24) is 9.97 Å². The highest BCUT2D eigenvalue weighted by molar-refractivity contribution is 5.79. The fourth-order valence-electron chi connectivity index (χ4n) is 2.65. The molecule has 0 amide bonds. The summed E-state index contributed by atoms with van der Waals surface area (Å²) in [6, 6.07) is 16.0. The normalized spacial score (nSPS) is 11.8. The Morgan fingerprint density at radius 1 is 1.08 bits per heavy atom. The minimum absolute atomic E-state index is 0.124. The lowest BCUT2D eigenvalue weighted by molar-refractivity contribution is 0.112. The van der Waals surface area contributed by atoms with Gasteiger partial charge in [-0.1, -0.05) is 30.3 Å². The van der Waals surface area contributed by atoms with Gasteiger partial charge in [0, 0.05) is 17.2 Å². The molecule has 4 heteroatoms. The zero-order valence-corrected chi connectivity index (χ0v) is 13.7. The number of anilines is 1. The van der Waals surface area contributed by atoms with E-state index in [9.17, 15) is 4.79 Å². The van der Waals surface area contributed by atoms with E-state index in [2.05, 4.69) is 34.3 Å². The molecule has 0 saturated heterocycles. The molecular weight excluding hydrogens is 298 g/mol. The molecule has 0 aliphatic rings. The van der Waals surface area contributed by atoms with Crippen molar-refractivity contribution in [3.8, 4) is 11.3 Å². The SMILES string of the molecule is Cc1cc(C=O)cc(-c2cncc(N[C@@H](C)c3ccccc3)n2)c1. The van der Waals surface area contributed by atoms with E-state index in [0.717, 1.165) is 23.1 Å². The van der Waals surface area contributed by atoms with E-state index in [4.69, 9.17) is 0 Å². The molecule has 0 fully saturated rings. The van der Waals surface area contributed by atoms with Crippen LogP contribution in [0.1, 0.15) is 34.5 Å². The van der Waals surface area contributed by atoms with Crippen LogP contribution in [0.2, 0.25) is 0 Å². The maximum atomic E-state index is 11.1. The van der Waals surface area contributed by atoms with Gasteiger partial charge in [0.2, 0.25) is 0 Å². The van der Waals surface area contributed by atoms with Crippen molar-refractivity contribution >= 4 is 12.1 Å². The first-order valence-electron chi connectivity index (χ1n) is 7.86. The maximum Gasteiger partial charge on any atom is 0.150 e. The number of nitrogens with one attached hydrogen (secondary N) is 1. The topological polar surface area (TPSA) is 54.9 Å². The van der Waals surface area contributed by atoms with Gasteiger partial charge in [-0.25, -0.2) is 4.98 Å². The van der Waals surface area contributed by atoms with Crippen LogP contribution in [-0.2, 0) is 0 Å². The number of hydrogen-bond acceptors (Lipinski definition) is 4. The molecule has 3 aromatic rings. The van der Waals surface area contributed by atoms with E-state index in [1.165, 1.54) is 5.56 Å². The van der Waals surface area contributed by atoms with Crippen LogP contribution >= 0.6 is 0 Å². The summed E-state index contributed by atoms with van der Waals surface area (Å²) in [5.74, 6) is 0.706. The molecule has 0 unspecified atom stereocenters. The zero-order valence-electron chi connectivity index (χ0n) is 13.7. The highest BCUT2D eigenvalue weighted by Crippen LogP contribution is 2.22. The second-order valence-corrected chi connectivity index (χ2v) is 5.82. The summed E-state index contributed by atoms with van der Waals surface area (Å²) < 4.78 is 0. The molecule has 0 radical (unpaired) electrons.